The van der Waals surface area contributed by atoms with Gasteiger partial charge in [-0.05, 0) is 32.9 Å². The van der Waals surface area contributed by atoms with Crippen molar-refractivity contribution in [1.29, 1.82) is 0 Å². The molecule has 2 aliphatic heterocycles. The molecular formula is C17H35N3O. The number of unbranched alkanes of at least 4 members (excludes halogenated alkanes) is 1. The number of rotatable bonds is 8. The molecule has 0 aromatic rings. The minimum absolute atomic E-state index is 0.794. The van der Waals surface area contributed by atoms with E-state index in [1.54, 1.807) is 0 Å². The third kappa shape index (κ3) is 6.23. The predicted molar refractivity (Wildman–Crippen MR) is 88.9 cm³/mol. The van der Waals surface area contributed by atoms with Crippen molar-refractivity contribution in [3.8, 4) is 0 Å². The number of hydrogen-bond donors (Lipinski definition) is 0. The zero-order chi connectivity index (χ0) is 14.9. The number of hydrogen-bond acceptors (Lipinski definition) is 4. The average Bonchev–Trinajstić information content (AvgIpc) is 2.51. The molecule has 1 atom stereocenters. The van der Waals surface area contributed by atoms with Crippen LogP contribution in [0.5, 0.6) is 0 Å². The molecule has 0 aromatic heterocycles. The molecule has 0 aromatic carbocycles. The third-order valence-corrected chi connectivity index (χ3v) is 5.05. The van der Waals surface area contributed by atoms with E-state index in [2.05, 4.69) is 28.7 Å². The van der Waals surface area contributed by atoms with Gasteiger partial charge in [-0.15, -0.1) is 0 Å². The third-order valence-electron chi connectivity index (χ3n) is 5.05. The fraction of sp³-hybridized carbons (Fsp3) is 1.00. The molecule has 2 heterocycles. The van der Waals surface area contributed by atoms with E-state index in [9.17, 15) is 0 Å². The molecule has 2 saturated heterocycles. The summed E-state index contributed by atoms with van der Waals surface area (Å²) in [6.45, 7) is 12.6. The van der Waals surface area contributed by atoms with Gasteiger partial charge in [0.05, 0.1) is 6.61 Å². The van der Waals surface area contributed by atoms with Crippen LogP contribution in [0.4, 0.5) is 0 Å². The molecule has 0 saturated carbocycles. The predicted octanol–water partition coefficient (Wildman–Crippen LogP) is 1.91. The number of likely N-dealkylation sites (N-methyl/N-ethyl adjacent to an activating group) is 1. The summed E-state index contributed by atoms with van der Waals surface area (Å²) in [6.07, 6.45) is 6.63. The smallest absolute Gasteiger partial charge is 0.0593 e. The second-order valence-electron chi connectivity index (χ2n) is 6.74. The van der Waals surface area contributed by atoms with Crippen LogP contribution in [-0.4, -0.2) is 86.8 Å². The van der Waals surface area contributed by atoms with Crippen LogP contribution in [0.15, 0.2) is 0 Å². The first-order chi connectivity index (χ1) is 10.3. The molecule has 0 bridgehead atoms. The van der Waals surface area contributed by atoms with Gasteiger partial charge < -0.3 is 9.64 Å². The first-order valence-electron chi connectivity index (χ1n) is 9.02. The summed E-state index contributed by atoms with van der Waals surface area (Å²) in [4.78, 5) is 7.80. The lowest BCUT2D eigenvalue weighted by atomic mass is 10.0. The number of likely N-dealkylation sites (tertiary alicyclic amines) is 1. The molecule has 0 amide bonds. The molecule has 4 nitrogen and oxygen atoms in total. The van der Waals surface area contributed by atoms with E-state index in [4.69, 9.17) is 4.74 Å². The Balaban J connectivity index is 1.55. The average molecular weight is 297 g/mol. The van der Waals surface area contributed by atoms with Crippen molar-refractivity contribution in [1.82, 2.24) is 14.7 Å². The van der Waals surface area contributed by atoms with Gasteiger partial charge in [-0.3, -0.25) is 9.80 Å². The molecule has 0 aliphatic carbocycles. The summed E-state index contributed by atoms with van der Waals surface area (Å²) in [5.74, 6) is 0. The lowest BCUT2D eigenvalue weighted by Crippen LogP contribution is -2.52. The van der Waals surface area contributed by atoms with Crippen LogP contribution >= 0.6 is 0 Å². The Hall–Kier alpha value is -0.160. The molecule has 2 rings (SSSR count). The number of nitrogens with zero attached hydrogens (tertiary/aromatic N) is 3. The maximum atomic E-state index is 5.68. The van der Waals surface area contributed by atoms with Gasteiger partial charge in [0.15, 0.2) is 0 Å². The normalized spacial score (nSPS) is 26.3. The summed E-state index contributed by atoms with van der Waals surface area (Å²) in [6, 6.07) is 0.794. The van der Waals surface area contributed by atoms with Crippen LogP contribution in [-0.2, 0) is 4.74 Å². The first kappa shape index (κ1) is 17.2. The summed E-state index contributed by atoms with van der Waals surface area (Å²) in [7, 11) is 2.30. The van der Waals surface area contributed by atoms with Crippen LogP contribution in [0.1, 0.15) is 39.0 Å². The van der Waals surface area contributed by atoms with Crippen LogP contribution in [0.2, 0.25) is 0 Å². The maximum absolute atomic E-state index is 5.68. The van der Waals surface area contributed by atoms with Crippen molar-refractivity contribution in [2.75, 3.05) is 66.1 Å². The van der Waals surface area contributed by atoms with E-state index in [1.807, 2.05) is 0 Å². The van der Waals surface area contributed by atoms with Crippen LogP contribution in [0, 0.1) is 0 Å². The second kappa shape index (κ2) is 9.78. The maximum Gasteiger partial charge on any atom is 0.0593 e. The Kier molecular flexibility index (Phi) is 8.01. The monoisotopic (exact) mass is 297 g/mol. The summed E-state index contributed by atoms with van der Waals surface area (Å²) < 4.78 is 5.68. The van der Waals surface area contributed by atoms with Crippen molar-refractivity contribution in [2.24, 2.45) is 0 Å². The Bertz CT molecular complexity index is 267. The highest BCUT2D eigenvalue weighted by atomic mass is 16.5. The van der Waals surface area contributed by atoms with Gasteiger partial charge in [-0.2, -0.15) is 0 Å². The highest BCUT2D eigenvalue weighted by Crippen LogP contribution is 2.16. The van der Waals surface area contributed by atoms with Gasteiger partial charge in [0.25, 0.3) is 0 Å². The van der Waals surface area contributed by atoms with E-state index < -0.39 is 0 Å². The lowest BCUT2D eigenvalue weighted by Gasteiger charge is -2.40. The molecule has 0 radical (unpaired) electrons. The van der Waals surface area contributed by atoms with Crippen LogP contribution < -0.4 is 0 Å². The Morgan fingerprint density at radius 3 is 2.43 bits per heavy atom. The first-order valence-corrected chi connectivity index (χ1v) is 9.02. The molecule has 2 fully saturated rings. The minimum atomic E-state index is 0.794. The zero-order valence-corrected chi connectivity index (χ0v) is 14.2. The topological polar surface area (TPSA) is 19.0 Å². The van der Waals surface area contributed by atoms with E-state index in [1.165, 1.54) is 71.4 Å². The Morgan fingerprint density at radius 2 is 1.71 bits per heavy atom. The van der Waals surface area contributed by atoms with E-state index in [0.29, 0.717) is 0 Å². The van der Waals surface area contributed by atoms with Crippen molar-refractivity contribution >= 4 is 0 Å². The van der Waals surface area contributed by atoms with E-state index in [-0.39, 0.29) is 0 Å². The van der Waals surface area contributed by atoms with Crippen LogP contribution in [0.3, 0.4) is 0 Å². The summed E-state index contributed by atoms with van der Waals surface area (Å²) >= 11 is 0. The molecule has 0 spiro atoms. The second-order valence-corrected chi connectivity index (χ2v) is 6.74. The molecule has 21 heavy (non-hydrogen) atoms. The largest absolute Gasteiger partial charge is 0.380 e. The molecule has 2 aliphatic rings. The molecule has 4 heteroatoms. The van der Waals surface area contributed by atoms with Crippen molar-refractivity contribution in [3.05, 3.63) is 0 Å². The molecular weight excluding hydrogens is 262 g/mol. The fourth-order valence-corrected chi connectivity index (χ4v) is 3.41. The summed E-state index contributed by atoms with van der Waals surface area (Å²) in [5, 5.41) is 0. The molecule has 0 unspecified atom stereocenters. The van der Waals surface area contributed by atoms with Crippen molar-refractivity contribution in [2.45, 2.75) is 45.1 Å². The molecule has 0 N–H and O–H groups in total. The molecule has 124 valence electrons. The van der Waals surface area contributed by atoms with Gasteiger partial charge in [0, 0.05) is 51.9 Å². The SMILES string of the molecule is CCCCOCCN1CCN(C[C@H]2CCCCN2C)CC1. The fourth-order valence-electron chi connectivity index (χ4n) is 3.41. The Morgan fingerprint density at radius 1 is 0.952 bits per heavy atom. The minimum Gasteiger partial charge on any atom is -0.380 e. The lowest BCUT2D eigenvalue weighted by molar-refractivity contribution is 0.0590. The van der Waals surface area contributed by atoms with Gasteiger partial charge >= 0.3 is 0 Å². The van der Waals surface area contributed by atoms with Gasteiger partial charge in [-0.25, -0.2) is 0 Å². The standard InChI is InChI=1S/C17H35N3O/c1-3-4-14-21-15-13-19-9-11-20(12-10-19)16-17-7-5-6-8-18(17)2/h17H,3-16H2,1-2H3/t17-/m1/s1. The van der Waals surface area contributed by atoms with Crippen molar-refractivity contribution < 1.29 is 4.74 Å². The van der Waals surface area contributed by atoms with Gasteiger partial charge in [-0.1, -0.05) is 19.8 Å². The van der Waals surface area contributed by atoms with E-state index >= 15 is 0 Å². The number of piperidine rings is 1. The van der Waals surface area contributed by atoms with Crippen LogP contribution in [0.25, 0.3) is 0 Å². The van der Waals surface area contributed by atoms with Gasteiger partial charge in [0.1, 0.15) is 0 Å². The zero-order valence-electron chi connectivity index (χ0n) is 14.2. The van der Waals surface area contributed by atoms with E-state index in [0.717, 1.165) is 25.8 Å². The number of piperazine rings is 1. The summed E-state index contributed by atoms with van der Waals surface area (Å²) in [5.41, 5.74) is 0. The Labute approximate surface area is 131 Å². The number of ether oxygens (including phenoxy) is 1. The quantitative estimate of drug-likeness (QED) is 0.637. The highest BCUT2D eigenvalue weighted by Gasteiger charge is 2.23. The van der Waals surface area contributed by atoms with Gasteiger partial charge in [0.2, 0.25) is 0 Å². The highest BCUT2D eigenvalue weighted by molar-refractivity contribution is 4.80. The van der Waals surface area contributed by atoms with Crippen molar-refractivity contribution in [3.63, 3.8) is 0 Å².